The highest BCUT2D eigenvalue weighted by molar-refractivity contribution is 5.79. The fraction of sp³-hybridized carbons (Fsp3) is 0.556. The van der Waals surface area contributed by atoms with Gasteiger partial charge in [0.1, 0.15) is 11.4 Å². The van der Waals surface area contributed by atoms with Crippen LogP contribution in [0.15, 0.2) is 24.3 Å². The Morgan fingerprint density at radius 2 is 1.88 bits per heavy atom. The molecule has 24 heavy (non-hydrogen) atoms. The number of benzene rings is 1. The van der Waals surface area contributed by atoms with Crippen molar-refractivity contribution in [2.45, 2.75) is 26.3 Å². The summed E-state index contributed by atoms with van der Waals surface area (Å²) in [5, 5.41) is 12.1. The van der Waals surface area contributed by atoms with Crippen molar-refractivity contribution >= 4 is 11.6 Å². The molecule has 1 N–H and O–H groups in total. The molecule has 0 radical (unpaired) electrons. The summed E-state index contributed by atoms with van der Waals surface area (Å²) in [6.45, 7) is 8.99. The lowest BCUT2D eigenvalue weighted by molar-refractivity contribution is -0.124. The number of amides is 1. The van der Waals surface area contributed by atoms with Crippen LogP contribution < -0.4 is 10.2 Å². The molecule has 1 saturated heterocycles. The van der Waals surface area contributed by atoms with Crippen LogP contribution in [0.1, 0.15) is 20.8 Å². The van der Waals surface area contributed by atoms with Gasteiger partial charge in [0, 0.05) is 31.9 Å². The van der Waals surface area contributed by atoms with Gasteiger partial charge >= 0.3 is 0 Å². The standard InChI is InChI=1S/C18H25FN4O/c1-14(2)18(3,13-20)21-17(24)12-22-8-10-23(11-9-22)16-6-4-15(19)5-7-16/h4-7,14H,8-12H2,1-3H3,(H,21,24). The van der Waals surface area contributed by atoms with E-state index in [9.17, 15) is 14.4 Å². The Labute approximate surface area is 143 Å². The van der Waals surface area contributed by atoms with E-state index >= 15 is 0 Å². The van der Waals surface area contributed by atoms with E-state index in [-0.39, 0.29) is 17.6 Å². The first kappa shape index (κ1) is 18.2. The van der Waals surface area contributed by atoms with Gasteiger partial charge in [-0.25, -0.2) is 4.39 Å². The van der Waals surface area contributed by atoms with E-state index in [4.69, 9.17) is 0 Å². The summed E-state index contributed by atoms with van der Waals surface area (Å²) in [7, 11) is 0. The molecule has 130 valence electrons. The molecule has 1 atom stereocenters. The molecular weight excluding hydrogens is 307 g/mol. The molecule has 1 amide bonds. The van der Waals surface area contributed by atoms with Crippen molar-refractivity contribution in [1.29, 1.82) is 5.26 Å². The number of nitriles is 1. The third kappa shape index (κ3) is 4.45. The molecule has 0 aliphatic carbocycles. The summed E-state index contributed by atoms with van der Waals surface area (Å²) >= 11 is 0. The Morgan fingerprint density at radius 3 is 2.38 bits per heavy atom. The number of carbonyl (C=O) groups is 1. The van der Waals surface area contributed by atoms with E-state index < -0.39 is 5.54 Å². The van der Waals surface area contributed by atoms with Crippen molar-refractivity contribution in [1.82, 2.24) is 10.2 Å². The summed E-state index contributed by atoms with van der Waals surface area (Å²) in [6.07, 6.45) is 0. The number of hydrogen-bond donors (Lipinski definition) is 1. The number of carbonyl (C=O) groups excluding carboxylic acids is 1. The van der Waals surface area contributed by atoms with Crippen LogP contribution in [0.5, 0.6) is 0 Å². The molecule has 1 aliphatic heterocycles. The van der Waals surface area contributed by atoms with Crippen LogP contribution in [0.3, 0.4) is 0 Å². The minimum Gasteiger partial charge on any atom is -0.369 e. The fourth-order valence-electron chi connectivity index (χ4n) is 2.65. The molecule has 0 spiro atoms. The molecule has 0 saturated carbocycles. The van der Waals surface area contributed by atoms with Gasteiger partial charge in [-0.1, -0.05) is 13.8 Å². The van der Waals surface area contributed by atoms with Crippen LogP contribution in [-0.4, -0.2) is 49.1 Å². The van der Waals surface area contributed by atoms with Crippen molar-refractivity contribution in [3.63, 3.8) is 0 Å². The Morgan fingerprint density at radius 1 is 1.29 bits per heavy atom. The largest absolute Gasteiger partial charge is 0.369 e. The first-order valence-electron chi connectivity index (χ1n) is 8.29. The van der Waals surface area contributed by atoms with Gasteiger partial charge < -0.3 is 10.2 Å². The second-order valence-electron chi connectivity index (χ2n) is 6.76. The van der Waals surface area contributed by atoms with E-state index in [0.29, 0.717) is 6.54 Å². The van der Waals surface area contributed by atoms with Crippen LogP contribution >= 0.6 is 0 Å². The number of hydrogen-bond acceptors (Lipinski definition) is 4. The number of anilines is 1. The van der Waals surface area contributed by atoms with Gasteiger partial charge in [0.15, 0.2) is 0 Å². The smallest absolute Gasteiger partial charge is 0.235 e. The monoisotopic (exact) mass is 332 g/mol. The number of rotatable bonds is 5. The van der Waals surface area contributed by atoms with Crippen molar-refractivity contribution in [2.24, 2.45) is 5.92 Å². The van der Waals surface area contributed by atoms with Crippen LogP contribution in [0.4, 0.5) is 10.1 Å². The lowest BCUT2D eigenvalue weighted by Crippen LogP contribution is -2.54. The van der Waals surface area contributed by atoms with Crippen LogP contribution in [0, 0.1) is 23.1 Å². The zero-order chi connectivity index (χ0) is 17.7. The zero-order valence-corrected chi connectivity index (χ0v) is 14.6. The Balaban J connectivity index is 1.83. The minimum absolute atomic E-state index is 0.0433. The highest BCUT2D eigenvalue weighted by Gasteiger charge is 2.30. The third-order valence-electron chi connectivity index (χ3n) is 4.72. The van der Waals surface area contributed by atoms with Crippen LogP contribution in [0.2, 0.25) is 0 Å². The van der Waals surface area contributed by atoms with Crippen molar-refractivity contribution in [2.75, 3.05) is 37.6 Å². The molecule has 1 fully saturated rings. The summed E-state index contributed by atoms with van der Waals surface area (Å²) in [6, 6.07) is 8.67. The summed E-state index contributed by atoms with van der Waals surface area (Å²) in [5.41, 5.74) is 0.157. The highest BCUT2D eigenvalue weighted by atomic mass is 19.1. The zero-order valence-electron chi connectivity index (χ0n) is 14.6. The Hall–Kier alpha value is -2.13. The first-order valence-corrected chi connectivity index (χ1v) is 8.29. The van der Waals surface area contributed by atoms with E-state index in [1.165, 1.54) is 12.1 Å². The van der Waals surface area contributed by atoms with Gasteiger partial charge in [-0.2, -0.15) is 5.26 Å². The number of piperazine rings is 1. The van der Waals surface area contributed by atoms with Gasteiger partial charge in [-0.05, 0) is 37.1 Å². The topological polar surface area (TPSA) is 59.4 Å². The van der Waals surface area contributed by atoms with Crippen LogP contribution in [0.25, 0.3) is 0 Å². The maximum atomic E-state index is 13.0. The Kier molecular flexibility index (Phi) is 5.79. The molecule has 1 aromatic carbocycles. The van der Waals surface area contributed by atoms with Gasteiger partial charge in [-0.3, -0.25) is 9.69 Å². The first-order chi connectivity index (χ1) is 11.3. The molecule has 0 aromatic heterocycles. The molecule has 1 aromatic rings. The van der Waals surface area contributed by atoms with Crippen LogP contribution in [-0.2, 0) is 4.79 Å². The van der Waals surface area contributed by atoms with Crippen molar-refractivity contribution < 1.29 is 9.18 Å². The SMILES string of the molecule is CC(C)C(C)(C#N)NC(=O)CN1CCN(c2ccc(F)cc2)CC1. The average molecular weight is 332 g/mol. The minimum atomic E-state index is -0.840. The lowest BCUT2D eigenvalue weighted by atomic mass is 9.90. The Bertz CT molecular complexity index is 602. The van der Waals surface area contributed by atoms with E-state index in [1.54, 1.807) is 19.1 Å². The molecule has 6 heteroatoms. The van der Waals surface area contributed by atoms with Gasteiger partial charge in [-0.15, -0.1) is 0 Å². The molecule has 5 nitrogen and oxygen atoms in total. The highest BCUT2D eigenvalue weighted by Crippen LogP contribution is 2.17. The maximum Gasteiger partial charge on any atom is 0.235 e. The average Bonchev–Trinajstić information content (AvgIpc) is 2.56. The quantitative estimate of drug-likeness (QED) is 0.896. The predicted molar refractivity (Wildman–Crippen MR) is 92.1 cm³/mol. The summed E-state index contributed by atoms with van der Waals surface area (Å²) in [5.74, 6) is -0.315. The maximum absolute atomic E-state index is 13.0. The van der Waals surface area contributed by atoms with Crippen molar-refractivity contribution in [3.05, 3.63) is 30.1 Å². The van der Waals surface area contributed by atoms with Gasteiger partial charge in [0.25, 0.3) is 0 Å². The number of nitrogens with zero attached hydrogens (tertiary/aromatic N) is 3. The molecule has 1 unspecified atom stereocenters. The summed E-state index contributed by atoms with van der Waals surface area (Å²) in [4.78, 5) is 16.5. The predicted octanol–water partition coefficient (Wildman–Crippen LogP) is 2.00. The summed E-state index contributed by atoms with van der Waals surface area (Å²) < 4.78 is 13.0. The molecule has 1 aliphatic rings. The molecule has 2 rings (SSSR count). The second-order valence-corrected chi connectivity index (χ2v) is 6.76. The normalized spacial score (nSPS) is 18.1. The number of halogens is 1. The van der Waals surface area contributed by atoms with E-state index in [0.717, 1.165) is 31.9 Å². The van der Waals surface area contributed by atoms with E-state index in [2.05, 4.69) is 21.2 Å². The van der Waals surface area contributed by atoms with Gasteiger partial charge in [0.05, 0.1) is 12.6 Å². The lowest BCUT2D eigenvalue weighted by Gasteiger charge is -2.36. The molecular formula is C18H25FN4O. The second kappa shape index (κ2) is 7.63. The van der Waals surface area contributed by atoms with Gasteiger partial charge in [0.2, 0.25) is 5.91 Å². The molecule has 1 heterocycles. The third-order valence-corrected chi connectivity index (χ3v) is 4.72. The van der Waals surface area contributed by atoms with E-state index in [1.807, 2.05) is 13.8 Å². The fourth-order valence-corrected chi connectivity index (χ4v) is 2.65. The van der Waals surface area contributed by atoms with Crippen molar-refractivity contribution in [3.8, 4) is 6.07 Å². The molecule has 0 bridgehead atoms. The number of nitrogens with one attached hydrogen (secondary N) is 1.